The van der Waals surface area contributed by atoms with E-state index in [1.807, 2.05) is 6.07 Å². The molecule has 4 heteroatoms. The van der Waals surface area contributed by atoms with E-state index in [4.69, 9.17) is 10.3 Å². The van der Waals surface area contributed by atoms with Crippen LogP contribution >= 0.6 is 0 Å². The fourth-order valence-electron chi connectivity index (χ4n) is 0.669. The largest absolute Gasteiger partial charge is 0.569 e. The normalized spacial score (nSPS) is 8.36. The molecule has 1 rings (SSSR count). The SMILES string of the molecule is N#Cc1ccc(O[B]O)cc1. The van der Waals surface area contributed by atoms with E-state index in [9.17, 15) is 0 Å². The maximum atomic E-state index is 8.41. The molecule has 3 nitrogen and oxygen atoms in total. The Balaban J connectivity index is 2.76. The molecule has 0 amide bonds. The molecule has 0 fully saturated rings. The highest BCUT2D eigenvalue weighted by atomic mass is 16.5. The van der Waals surface area contributed by atoms with Crippen molar-refractivity contribution < 1.29 is 9.68 Å². The second-order valence-electron chi connectivity index (χ2n) is 1.86. The Hall–Kier alpha value is -1.47. The lowest BCUT2D eigenvalue weighted by Crippen LogP contribution is -1.99. The Kier molecular flexibility index (Phi) is 2.53. The zero-order chi connectivity index (χ0) is 8.10. The van der Waals surface area contributed by atoms with E-state index in [1.165, 1.54) is 0 Å². The van der Waals surface area contributed by atoms with Crippen LogP contribution in [0.4, 0.5) is 0 Å². The summed E-state index contributed by atoms with van der Waals surface area (Å²) in [6.45, 7) is 0. The van der Waals surface area contributed by atoms with Crippen LogP contribution in [0, 0.1) is 11.3 Å². The van der Waals surface area contributed by atoms with Crippen LogP contribution in [0.1, 0.15) is 5.56 Å². The molecule has 0 saturated heterocycles. The zero-order valence-corrected chi connectivity index (χ0v) is 5.69. The molecule has 1 radical (unpaired) electrons. The highest BCUT2D eigenvalue weighted by molar-refractivity contribution is 6.17. The van der Waals surface area contributed by atoms with Gasteiger partial charge in [-0.1, -0.05) is 0 Å². The van der Waals surface area contributed by atoms with Crippen molar-refractivity contribution in [1.29, 1.82) is 5.26 Å². The maximum absolute atomic E-state index is 8.41. The molecule has 1 aromatic rings. The van der Waals surface area contributed by atoms with E-state index in [1.54, 1.807) is 24.3 Å². The van der Waals surface area contributed by atoms with Crippen LogP contribution in [0.25, 0.3) is 0 Å². The summed E-state index contributed by atoms with van der Waals surface area (Å²) in [7, 11) is 0.599. The van der Waals surface area contributed by atoms with Gasteiger partial charge in [0, 0.05) is 0 Å². The molecule has 0 aliphatic rings. The number of nitrogens with zero attached hydrogens (tertiary/aromatic N) is 1. The van der Waals surface area contributed by atoms with E-state index in [0.717, 1.165) is 0 Å². The van der Waals surface area contributed by atoms with Crippen molar-refractivity contribution in [2.45, 2.75) is 0 Å². The Morgan fingerprint density at radius 1 is 1.36 bits per heavy atom. The highest BCUT2D eigenvalue weighted by Gasteiger charge is 1.93. The third kappa shape index (κ3) is 1.99. The summed E-state index contributed by atoms with van der Waals surface area (Å²) in [6.07, 6.45) is 0. The monoisotopic (exact) mass is 146 g/mol. The quantitative estimate of drug-likeness (QED) is 0.616. The third-order valence-electron chi connectivity index (χ3n) is 1.17. The van der Waals surface area contributed by atoms with Gasteiger partial charge in [0.15, 0.2) is 0 Å². The minimum Gasteiger partial charge on any atom is -0.537 e. The average Bonchev–Trinajstić information content (AvgIpc) is 2.07. The molecule has 0 aliphatic carbocycles. The fraction of sp³-hybridized carbons (Fsp3) is 0. The van der Waals surface area contributed by atoms with Crippen molar-refractivity contribution in [3.05, 3.63) is 29.8 Å². The highest BCUT2D eigenvalue weighted by Crippen LogP contribution is 2.10. The van der Waals surface area contributed by atoms with Crippen LogP contribution in [0.15, 0.2) is 24.3 Å². The zero-order valence-electron chi connectivity index (χ0n) is 5.69. The lowest BCUT2D eigenvalue weighted by atomic mass is 10.2. The van der Waals surface area contributed by atoms with Crippen LogP contribution in [0.2, 0.25) is 0 Å². The van der Waals surface area contributed by atoms with Crippen LogP contribution in [-0.2, 0) is 0 Å². The first kappa shape index (κ1) is 7.64. The summed E-state index contributed by atoms with van der Waals surface area (Å²) in [6, 6.07) is 8.39. The van der Waals surface area contributed by atoms with Gasteiger partial charge in [0.25, 0.3) is 0 Å². The molecular formula is C7H5BNO2. The maximum Gasteiger partial charge on any atom is 0.569 e. The van der Waals surface area contributed by atoms with Gasteiger partial charge in [0.2, 0.25) is 0 Å². The summed E-state index contributed by atoms with van der Waals surface area (Å²) >= 11 is 0. The molecule has 0 aromatic heterocycles. The van der Waals surface area contributed by atoms with Gasteiger partial charge in [-0.05, 0) is 24.3 Å². The average molecular weight is 146 g/mol. The first-order valence-electron chi connectivity index (χ1n) is 2.99. The van der Waals surface area contributed by atoms with E-state index in [2.05, 4.69) is 4.65 Å². The van der Waals surface area contributed by atoms with Crippen LogP contribution in [-0.4, -0.2) is 12.7 Å². The van der Waals surface area contributed by atoms with Gasteiger partial charge >= 0.3 is 7.69 Å². The second-order valence-corrected chi connectivity index (χ2v) is 1.86. The summed E-state index contributed by atoms with van der Waals surface area (Å²) in [5, 5.41) is 16.6. The molecule has 0 heterocycles. The Labute approximate surface area is 65.2 Å². The lowest BCUT2D eigenvalue weighted by Gasteiger charge is -1.98. The molecule has 0 spiro atoms. The Bertz CT molecular complexity index is 265. The van der Waals surface area contributed by atoms with Gasteiger partial charge in [-0.25, -0.2) is 0 Å². The van der Waals surface area contributed by atoms with Crippen LogP contribution in [0.5, 0.6) is 5.75 Å². The Morgan fingerprint density at radius 3 is 2.45 bits per heavy atom. The fourth-order valence-corrected chi connectivity index (χ4v) is 0.669. The summed E-state index contributed by atoms with van der Waals surface area (Å²) < 4.78 is 4.63. The van der Waals surface area contributed by atoms with E-state index in [-0.39, 0.29) is 0 Å². The Morgan fingerprint density at radius 2 is 2.00 bits per heavy atom. The van der Waals surface area contributed by atoms with Crippen molar-refractivity contribution in [1.82, 2.24) is 0 Å². The number of benzene rings is 1. The topological polar surface area (TPSA) is 53.2 Å². The van der Waals surface area contributed by atoms with Crippen molar-refractivity contribution in [2.24, 2.45) is 0 Å². The molecule has 0 aliphatic heterocycles. The number of hydrogen-bond acceptors (Lipinski definition) is 3. The molecule has 1 aromatic carbocycles. The van der Waals surface area contributed by atoms with Crippen molar-refractivity contribution in [3.63, 3.8) is 0 Å². The number of nitriles is 1. The smallest absolute Gasteiger partial charge is 0.537 e. The van der Waals surface area contributed by atoms with Crippen LogP contribution < -0.4 is 4.65 Å². The summed E-state index contributed by atoms with van der Waals surface area (Å²) in [4.78, 5) is 0. The lowest BCUT2D eigenvalue weighted by molar-refractivity contribution is 0.454. The van der Waals surface area contributed by atoms with Crippen LogP contribution in [0.3, 0.4) is 0 Å². The molecule has 53 valence electrons. The first-order valence-corrected chi connectivity index (χ1v) is 2.99. The van der Waals surface area contributed by atoms with Gasteiger partial charge < -0.3 is 9.68 Å². The molecule has 0 atom stereocenters. The minimum absolute atomic E-state index is 0.506. The van der Waals surface area contributed by atoms with Crippen molar-refractivity contribution >= 4 is 7.69 Å². The predicted octanol–water partition coefficient (Wildman–Crippen LogP) is 0.464. The number of rotatable bonds is 2. The van der Waals surface area contributed by atoms with Crippen molar-refractivity contribution in [3.8, 4) is 11.8 Å². The van der Waals surface area contributed by atoms with Gasteiger partial charge in [0.1, 0.15) is 5.75 Å². The molecule has 1 N–H and O–H groups in total. The molecular weight excluding hydrogens is 141 g/mol. The molecule has 0 saturated carbocycles. The molecule has 11 heavy (non-hydrogen) atoms. The third-order valence-corrected chi connectivity index (χ3v) is 1.17. The number of hydrogen-bond donors (Lipinski definition) is 1. The second kappa shape index (κ2) is 3.64. The minimum atomic E-state index is 0.506. The predicted molar refractivity (Wildman–Crippen MR) is 39.8 cm³/mol. The van der Waals surface area contributed by atoms with E-state index < -0.39 is 0 Å². The summed E-state index contributed by atoms with van der Waals surface area (Å²) in [5.41, 5.74) is 0.565. The molecule has 0 unspecified atom stereocenters. The van der Waals surface area contributed by atoms with Gasteiger partial charge in [-0.3, -0.25) is 0 Å². The van der Waals surface area contributed by atoms with Crippen molar-refractivity contribution in [2.75, 3.05) is 0 Å². The summed E-state index contributed by atoms with van der Waals surface area (Å²) in [5.74, 6) is 0.506. The first-order chi connectivity index (χ1) is 5.36. The standard InChI is InChI=1S/C7H5BNO2/c9-5-6-1-3-7(4-2-6)11-8-10/h1-4,10H. The van der Waals surface area contributed by atoms with Gasteiger partial charge in [-0.15, -0.1) is 0 Å². The van der Waals surface area contributed by atoms with E-state index in [0.29, 0.717) is 19.0 Å². The van der Waals surface area contributed by atoms with Gasteiger partial charge in [0.05, 0.1) is 11.6 Å². The van der Waals surface area contributed by atoms with E-state index >= 15 is 0 Å². The molecule has 0 bridgehead atoms. The van der Waals surface area contributed by atoms with Gasteiger partial charge in [-0.2, -0.15) is 5.26 Å².